The van der Waals surface area contributed by atoms with Gasteiger partial charge < -0.3 is 9.64 Å². The minimum absolute atomic E-state index is 0.141. The molecule has 11 heteroatoms. The average Bonchev–Trinajstić information content (AvgIpc) is 3.54. The summed E-state index contributed by atoms with van der Waals surface area (Å²) in [5, 5.41) is 13.1. The number of halogens is 3. The van der Waals surface area contributed by atoms with Crippen LogP contribution in [-0.2, 0) is 13.5 Å². The van der Waals surface area contributed by atoms with E-state index in [1.807, 2.05) is 4.90 Å². The molecule has 1 saturated heterocycles. The van der Waals surface area contributed by atoms with Gasteiger partial charge in [0.25, 0.3) is 5.91 Å². The van der Waals surface area contributed by atoms with Crippen molar-refractivity contribution in [2.45, 2.75) is 37.8 Å². The molecular formula is C26H23F3N6O2. The summed E-state index contributed by atoms with van der Waals surface area (Å²) in [5.74, 6) is -3.62. The number of methoxy groups -OCH3 is 1. The minimum atomic E-state index is -1.50. The maximum Gasteiger partial charge on any atom is 0.256 e. The Kier molecular flexibility index (Phi) is 5.50. The number of benzene rings is 2. The predicted molar refractivity (Wildman–Crippen MR) is 127 cm³/mol. The second kappa shape index (κ2) is 8.75. The number of piperidine rings is 1. The summed E-state index contributed by atoms with van der Waals surface area (Å²) in [6.07, 6.45) is 5.92. The SMILES string of the molecule is COc1ccc(C(=O)N2[C@@H]3CCC[C@H]2c2nn(C)c(-c4cc(F)c(F)c(F)c4)c2C3)c(-n2nccn2)c1. The van der Waals surface area contributed by atoms with Crippen LogP contribution >= 0.6 is 0 Å². The summed E-state index contributed by atoms with van der Waals surface area (Å²) in [4.78, 5) is 17.3. The van der Waals surface area contributed by atoms with Crippen LogP contribution in [0.2, 0.25) is 0 Å². The molecule has 4 heterocycles. The highest BCUT2D eigenvalue weighted by atomic mass is 19.2. The van der Waals surface area contributed by atoms with Crippen LogP contribution in [0.3, 0.4) is 0 Å². The fourth-order valence-electron chi connectivity index (χ4n) is 5.67. The zero-order valence-electron chi connectivity index (χ0n) is 20.2. The monoisotopic (exact) mass is 508 g/mol. The van der Waals surface area contributed by atoms with Crippen LogP contribution in [0, 0.1) is 17.5 Å². The molecule has 0 saturated carbocycles. The highest BCUT2D eigenvalue weighted by Crippen LogP contribution is 2.45. The summed E-state index contributed by atoms with van der Waals surface area (Å²) in [6, 6.07) is 6.67. The summed E-state index contributed by atoms with van der Waals surface area (Å²) >= 11 is 0. The van der Waals surface area contributed by atoms with Crippen LogP contribution in [0.4, 0.5) is 13.2 Å². The molecule has 0 radical (unpaired) electrons. The van der Waals surface area contributed by atoms with Crippen LogP contribution in [0.1, 0.15) is 46.9 Å². The van der Waals surface area contributed by atoms with E-state index in [4.69, 9.17) is 9.84 Å². The van der Waals surface area contributed by atoms with Crippen molar-refractivity contribution in [3.05, 3.63) is 77.0 Å². The normalized spacial score (nSPS) is 18.6. The van der Waals surface area contributed by atoms with Gasteiger partial charge in [-0.1, -0.05) is 0 Å². The van der Waals surface area contributed by atoms with E-state index in [-0.39, 0.29) is 23.6 Å². The number of nitrogens with zero attached hydrogens (tertiary/aromatic N) is 6. The topological polar surface area (TPSA) is 78.1 Å². The predicted octanol–water partition coefficient (Wildman–Crippen LogP) is 4.39. The van der Waals surface area contributed by atoms with Gasteiger partial charge in [0.2, 0.25) is 0 Å². The molecule has 4 aromatic rings. The first-order valence-electron chi connectivity index (χ1n) is 12.0. The zero-order valence-corrected chi connectivity index (χ0v) is 20.2. The third kappa shape index (κ3) is 3.68. The molecule has 0 aliphatic carbocycles. The van der Waals surface area contributed by atoms with Gasteiger partial charge in [0.05, 0.1) is 42.5 Å². The van der Waals surface area contributed by atoms with Crippen LogP contribution in [0.25, 0.3) is 16.9 Å². The summed E-state index contributed by atoms with van der Waals surface area (Å²) < 4.78 is 48.7. The largest absolute Gasteiger partial charge is 0.497 e. The van der Waals surface area contributed by atoms with E-state index in [0.717, 1.165) is 30.5 Å². The number of ether oxygens (including phenoxy) is 1. The van der Waals surface area contributed by atoms with E-state index in [1.165, 1.54) is 17.2 Å². The number of hydrogen-bond donors (Lipinski definition) is 0. The molecule has 190 valence electrons. The molecular weight excluding hydrogens is 485 g/mol. The highest BCUT2D eigenvalue weighted by molar-refractivity contribution is 5.98. The van der Waals surface area contributed by atoms with E-state index in [0.29, 0.717) is 41.2 Å². The van der Waals surface area contributed by atoms with Gasteiger partial charge in [-0.15, -0.1) is 0 Å². The number of fused-ring (bicyclic) bond motifs is 4. The first-order valence-corrected chi connectivity index (χ1v) is 12.0. The van der Waals surface area contributed by atoms with Gasteiger partial charge in [-0.05, 0) is 49.9 Å². The van der Waals surface area contributed by atoms with Crippen molar-refractivity contribution in [2.24, 2.45) is 7.05 Å². The number of amides is 1. The quantitative estimate of drug-likeness (QED) is 0.382. The molecule has 2 aromatic carbocycles. The lowest BCUT2D eigenvalue weighted by atomic mass is 9.81. The maximum atomic E-state index is 14.1. The molecule has 1 fully saturated rings. The van der Waals surface area contributed by atoms with Crippen molar-refractivity contribution in [3.63, 3.8) is 0 Å². The highest BCUT2D eigenvalue weighted by Gasteiger charge is 2.44. The Morgan fingerprint density at radius 3 is 2.49 bits per heavy atom. The Morgan fingerprint density at radius 1 is 1.05 bits per heavy atom. The Morgan fingerprint density at radius 2 is 1.78 bits per heavy atom. The standard InChI is InChI=1S/C26H23F3N6O2/c1-33-25(14-10-19(27)23(29)20(28)11-14)18-12-15-4-3-5-21(24(18)32-33)34(15)26(36)17-7-6-16(37-2)13-22(17)35-30-8-9-31-35/h6-11,13,15,21H,3-5,12H2,1-2H3/t15-,21+/m1/s1. The average molecular weight is 509 g/mol. The van der Waals surface area contributed by atoms with Gasteiger partial charge in [-0.3, -0.25) is 9.48 Å². The molecule has 2 atom stereocenters. The smallest absolute Gasteiger partial charge is 0.256 e. The molecule has 0 spiro atoms. The lowest BCUT2D eigenvalue weighted by Crippen LogP contribution is -2.50. The molecule has 2 bridgehead atoms. The van der Waals surface area contributed by atoms with E-state index >= 15 is 0 Å². The van der Waals surface area contributed by atoms with Crippen molar-refractivity contribution in [3.8, 4) is 22.7 Å². The van der Waals surface area contributed by atoms with E-state index < -0.39 is 17.5 Å². The molecule has 2 aliphatic heterocycles. The van der Waals surface area contributed by atoms with Crippen LogP contribution in [0.15, 0.2) is 42.7 Å². The van der Waals surface area contributed by atoms with Crippen molar-refractivity contribution in [1.82, 2.24) is 29.7 Å². The zero-order chi connectivity index (χ0) is 25.8. The van der Waals surface area contributed by atoms with Crippen molar-refractivity contribution in [1.29, 1.82) is 0 Å². The molecule has 0 unspecified atom stereocenters. The first kappa shape index (κ1) is 23.3. The Bertz CT molecular complexity index is 1490. The summed E-state index contributed by atoms with van der Waals surface area (Å²) in [5.41, 5.74) is 3.19. The lowest BCUT2D eigenvalue weighted by Gasteiger charge is -2.45. The second-order valence-corrected chi connectivity index (χ2v) is 9.31. The van der Waals surface area contributed by atoms with Crippen LogP contribution in [-0.4, -0.2) is 48.7 Å². The third-order valence-corrected chi connectivity index (χ3v) is 7.24. The summed E-state index contributed by atoms with van der Waals surface area (Å²) in [6.45, 7) is 0. The van der Waals surface area contributed by atoms with Gasteiger partial charge in [-0.2, -0.15) is 20.1 Å². The van der Waals surface area contributed by atoms with Crippen molar-refractivity contribution >= 4 is 5.91 Å². The molecule has 6 rings (SSSR count). The Balaban J connectivity index is 1.44. The number of aromatic nitrogens is 5. The number of hydrogen-bond acceptors (Lipinski definition) is 5. The number of carbonyl (C=O) groups is 1. The third-order valence-electron chi connectivity index (χ3n) is 7.24. The number of rotatable bonds is 4. The Labute approximate surface area is 210 Å². The number of aryl methyl sites for hydroxylation is 1. The first-order chi connectivity index (χ1) is 17.9. The molecule has 1 amide bonds. The van der Waals surface area contributed by atoms with Crippen molar-refractivity contribution < 1.29 is 22.7 Å². The van der Waals surface area contributed by atoms with Gasteiger partial charge in [-0.25, -0.2) is 13.2 Å². The molecule has 2 aromatic heterocycles. The van der Waals surface area contributed by atoms with Gasteiger partial charge in [0, 0.05) is 30.3 Å². The van der Waals surface area contributed by atoms with Crippen molar-refractivity contribution in [2.75, 3.05) is 7.11 Å². The van der Waals surface area contributed by atoms with E-state index in [9.17, 15) is 18.0 Å². The number of carbonyl (C=O) groups excluding carboxylic acids is 1. The van der Waals surface area contributed by atoms with Gasteiger partial charge >= 0.3 is 0 Å². The molecule has 37 heavy (non-hydrogen) atoms. The maximum absolute atomic E-state index is 14.1. The molecule has 2 aliphatic rings. The Hall–Kier alpha value is -4.15. The van der Waals surface area contributed by atoms with Crippen LogP contribution < -0.4 is 4.74 Å². The molecule has 0 N–H and O–H groups in total. The van der Waals surface area contributed by atoms with E-state index in [1.54, 1.807) is 37.0 Å². The molecule has 8 nitrogen and oxygen atoms in total. The van der Waals surface area contributed by atoms with Crippen LogP contribution in [0.5, 0.6) is 5.75 Å². The van der Waals surface area contributed by atoms with Gasteiger partial charge in [0.15, 0.2) is 17.5 Å². The lowest BCUT2D eigenvalue weighted by molar-refractivity contribution is 0.0391. The summed E-state index contributed by atoms with van der Waals surface area (Å²) in [7, 11) is 3.24. The van der Waals surface area contributed by atoms with Gasteiger partial charge in [0.1, 0.15) is 11.4 Å². The second-order valence-electron chi connectivity index (χ2n) is 9.31. The fourth-order valence-corrected chi connectivity index (χ4v) is 5.67. The fraction of sp³-hybridized carbons (Fsp3) is 0.308. The minimum Gasteiger partial charge on any atom is -0.497 e. The van der Waals surface area contributed by atoms with E-state index in [2.05, 4.69) is 10.2 Å².